The van der Waals surface area contributed by atoms with Gasteiger partial charge in [-0.05, 0) is 30.7 Å². The van der Waals surface area contributed by atoms with Crippen LogP contribution < -0.4 is 5.43 Å². The highest BCUT2D eigenvalue weighted by Gasteiger charge is 2.30. The molecule has 164 valence electrons. The van der Waals surface area contributed by atoms with Crippen LogP contribution in [0.25, 0.3) is 0 Å². The predicted octanol–water partition coefficient (Wildman–Crippen LogP) is 2.36. The predicted molar refractivity (Wildman–Crippen MR) is 112 cm³/mol. The first-order valence-corrected chi connectivity index (χ1v) is 10.6. The van der Waals surface area contributed by atoms with E-state index in [2.05, 4.69) is 10.5 Å². The number of anilines is 1. The number of hydrogen-bond donors (Lipinski definition) is 1. The van der Waals surface area contributed by atoms with Gasteiger partial charge in [0.15, 0.2) is 0 Å². The molecule has 0 bridgehead atoms. The van der Waals surface area contributed by atoms with Crippen LogP contribution in [0.2, 0.25) is 0 Å². The number of nitro groups is 2. The van der Waals surface area contributed by atoms with Gasteiger partial charge in [-0.1, -0.05) is 0 Å². The summed E-state index contributed by atoms with van der Waals surface area (Å²) >= 11 is 0. The molecule has 31 heavy (non-hydrogen) atoms. The smallest absolute Gasteiger partial charge is 0.270 e. The van der Waals surface area contributed by atoms with E-state index in [1.54, 1.807) is 6.92 Å². The number of hydrazone groups is 1. The molecule has 13 heteroatoms. The number of sulfonamides is 1. The Bertz CT molecular complexity index is 1130. The van der Waals surface area contributed by atoms with E-state index in [-0.39, 0.29) is 48.3 Å². The van der Waals surface area contributed by atoms with Gasteiger partial charge in [0.25, 0.3) is 11.4 Å². The number of nitro benzene ring substituents is 2. The molecule has 1 heterocycles. The van der Waals surface area contributed by atoms with Crippen LogP contribution in [0.3, 0.4) is 0 Å². The SMILES string of the molecule is C/C(=N\Nc1ccc([N+](=O)[O-])cc1S(=O)(=O)N1CCOCC1)c1ccc([N+](=O)[O-])cc1. The lowest BCUT2D eigenvalue weighted by Crippen LogP contribution is -2.40. The molecular formula is C18H19N5O7S. The van der Waals surface area contributed by atoms with Crippen LogP contribution in [0.1, 0.15) is 12.5 Å². The molecule has 1 N–H and O–H groups in total. The molecule has 1 aliphatic rings. The normalized spacial score (nSPS) is 15.5. The van der Waals surface area contributed by atoms with Crippen LogP contribution in [0.15, 0.2) is 52.5 Å². The van der Waals surface area contributed by atoms with Crippen molar-refractivity contribution >= 4 is 32.8 Å². The van der Waals surface area contributed by atoms with E-state index < -0.39 is 19.9 Å². The highest BCUT2D eigenvalue weighted by Crippen LogP contribution is 2.29. The van der Waals surface area contributed by atoms with Gasteiger partial charge in [-0.2, -0.15) is 9.41 Å². The molecule has 2 aromatic carbocycles. The highest BCUT2D eigenvalue weighted by atomic mass is 32.2. The molecular weight excluding hydrogens is 430 g/mol. The summed E-state index contributed by atoms with van der Waals surface area (Å²) in [5.74, 6) is 0. The third kappa shape index (κ3) is 5.02. The zero-order valence-corrected chi connectivity index (χ0v) is 17.2. The monoisotopic (exact) mass is 449 g/mol. The average molecular weight is 449 g/mol. The Balaban J connectivity index is 1.94. The van der Waals surface area contributed by atoms with Crippen LogP contribution in [0.4, 0.5) is 17.1 Å². The first-order valence-electron chi connectivity index (χ1n) is 9.11. The molecule has 3 rings (SSSR count). The maximum Gasteiger partial charge on any atom is 0.270 e. The fourth-order valence-corrected chi connectivity index (χ4v) is 4.46. The zero-order chi connectivity index (χ0) is 22.6. The van der Waals surface area contributed by atoms with Crippen molar-refractivity contribution in [2.24, 2.45) is 5.10 Å². The summed E-state index contributed by atoms with van der Waals surface area (Å²) in [6.07, 6.45) is 0. The standard InChI is InChI=1S/C18H19N5O7S/c1-13(14-2-4-15(5-3-14)22(24)25)19-20-17-7-6-16(23(26)27)12-18(17)31(28,29)21-8-10-30-11-9-21/h2-7,12,20H,8-11H2,1H3/b19-13+. The van der Waals surface area contributed by atoms with Crippen molar-refractivity contribution in [1.29, 1.82) is 0 Å². The minimum absolute atomic E-state index is 0.0679. The van der Waals surface area contributed by atoms with Crippen molar-refractivity contribution in [1.82, 2.24) is 4.31 Å². The van der Waals surface area contributed by atoms with Gasteiger partial charge < -0.3 is 4.74 Å². The average Bonchev–Trinajstić information content (AvgIpc) is 2.77. The van der Waals surface area contributed by atoms with Crippen molar-refractivity contribution in [3.63, 3.8) is 0 Å². The van der Waals surface area contributed by atoms with Crippen molar-refractivity contribution < 1.29 is 23.0 Å². The van der Waals surface area contributed by atoms with Crippen LogP contribution >= 0.6 is 0 Å². The Morgan fingerprint density at radius 3 is 2.19 bits per heavy atom. The molecule has 2 aromatic rings. The van der Waals surface area contributed by atoms with E-state index in [0.29, 0.717) is 11.3 Å². The Kier molecular flexibility index (Phi) is 6.58. The van der Waals surface area contributed by atoms with Gasteiger partial charge in [0.1, 0.15) is 4.90 Å². The van der Waals surface area contributed by atoms with Crippen molar-refractivity contribution in [2.75, 3.05) is 31.7 Å². The van der Waals surface area contributed by atoms with Crippen LogP contribution in [0.5, 0.6) is 0 Å². The number of rotatable bonds is 7. The number of nitrogens with zero attached hydrogens (tertiary/aromatic N) is 4. The molecule has 0 saturated carbocycles. The summed E-state index contributed by atoms with van der Waals surface area (Å²) in [6, 6.07) is 9.13. The summed E-state index contributed by atoms with van der Waals surface area (Å²) in [6.45, 7) is 2.36. The number of benzene rings is 2. The van der Waals surface area contributed by atoms with Crippen LogP contribution in [0, 0.1) is 20.2 Å². The molecule has 0 aromatic heterocycles. The van der Waals surface area contributed by atoms with Crippen molar-refractivity contribution in [2.45, 2.75) is 11.8 Å². The number of ether oxygens (including phenoxy) is 1. The number of morpholine rings is 1. The zero-order valence-electron chi connectivity index (χ0n) is 16.4. The van der Waals surface area contributed by atoms with Gasteiger partial charge in [0.05, 0.1) is 34.5 Å². The summed E-state index contributed by atoms with van der Waals surface area (Å²) in [7, 11) is -4.03. The summed E-state index contributed by atoms with van der Waals surface area (Å²) in [5.41, 5.74) is 3.30. The van der Waals surface area contributed by atoms with Gasteiger partial charge in [-0.15, -0.1) is 0 Å². The fourth-order valence-electron chi connectivity index (χ4n) is 2.89. The summed E-state index contributed by atoms with van der Waals surface area (Å²) in [4.78, 5) is 20.5. The molecule has 0 spiro atoms. The Morgan fingerprint density at radius 2 is 1.61 bits per heavy atom. The minimum atomic E-state index is -4.03. The quantitative estimate of drug-likeness (QED) is 0.383. The lowest BCUT2D eigenvalue weighted by atomic mass is 10.1. The Morgan fingerprint density at radius 1 is 1.03 bits per heavy atom. The van der Waals surface area contributed by atoms with E-state index in [9.17, 15) is 28.6 Å². The molecule has 0 aliphatic carbocycles. The largest absolute Gasteiger partial charge is 0.379 e. The molecule has 12 nitrogen and oxygen atoms in total. The van der Waals surface area contributed by atoms with Gasteiger partial charge in [0.2, 0.25) is 10.0 Å². The van der Waals surface area contributed by atoms with Gasteiger partial charge in [-0.3, -0.25) is 25.7 Å². The summed E-state index contributed by atoms with van der Waals surface area (Å²) < 4.78 is 32.6. The number of hydrogen-bond acceptors (Lipinski definition) is 9. The maximum atomic E-state index is 13.1. The van der Waals surface area contributed by atoms with E-state index in [1.807, 2.05) is 0 Å². The van der Waals surface area contributed by atoms with E-state index in [0.717, 1.165) is 6.07 Å². The van der Waals surface area contributed by atoms with E-state index >= 15 is 0 Å². The van der Waals surface area contributed by atoms with Gasteiger partial charge >= 0.3 is 0 Å². The second kappa shape index (κ2) is 9.16. The van der Waals surface area contributed by atoms with Gasteiger partial charge in [0, 0.05) is 37.4 Å². The highest BCUT2D eigenvalue weighted by molar-refractivity contribution is 7.89. The molecule has 1 aliphatic heterocycles. The molecule has 0 radical (unpaired) electrons. The molecule has 0 atom stereocenters. The summed E-state index contributed by atoms with van der Waals surface area (Å²) in [5, 5.41) is 26.1. The minimum Gasteiger partial charge on any atom is -0.379 e. The number of non-ortho nitro benzene ring substituents is 2. The Hall–Kier alpha value is -3.42. The lowest BCUT2D eigenvalue weighted by Gasteiger charge is -2.26. The maximum absolute atomic E-state index is 13.1. The molecule has 0 unspecified atom stereocenters. The van der Waals surface area contributed by atoms with Gasteiger partial charge in [-0.25, -0.2) is 8.42 Å². The van der Waals surface area contributed by atoms with Crippen LogP contribution in [-0.4, -0.2) is 54.6 Å². The third-order valence-corrected chi connectivity index (χ3v) is 6.54. The second-order valence-corrected chi connectivity index (χ2v) is 8.47. The first kappa shape index (κ1) is 22.3. The van der Waals surface area contributed by atoms with Crippen molar-refractivity contribution in [3.05, 3.63) is 68.3 Å². The first-order chi connectivity index (χ1) is 14.7. The molecule has 0 amide bonds. The van der Waals surface area contributed by atoms with E-state index in [1.165, 1.54) is 40.7 Å². The second-order valence-electron chi connectivity index (χ2n) is 6.57. The fraction of sp³-hybridized carbons (Fsp3) is 0.278. The van der Waals surface area contributed by atoms with E-state index in [4.69, 9.17) is 4.74 Å². The topological polar surface area (TPSA) is 157 Å². The molecule has 1 saturated heterocycles. The lowest BCUT2D eigenvalue weighted by molar-refractivity contribution is -0.385. The Labute approximate surface area is 177 Å². The molecule has 1 fully saturated rings. The van der Waals surface area contributed by atoms with Crippen LogP contribution in [-0.2, 0) is 14.8 Å². The number of nitrogens with one attached hydrogen (secondary N) is 1. The van der Waals surface area contributed by atoms with Crippen molar-refractivity contribution in [3.8, 4) is 0 Å². The third-order valence-electron chi connectivity index (χ3n) is 4.60.